The average molecular weight is 217 g/mol. The number of hydrogen-bond donors (Lipinski definition) is 0. The van der Waals surface area contributed by atoms with Gasteiger partial charge in [-0.3, -0.25) is 4.79 Å². The van der Waals surface area contributed by atoms with E-state index in [1.165, 1.54) is 19.3 Å². The smallest absolute Gasteiger partial charge is 0.153 e. The van der Waals surface area contributed by atoms with Crippen molar-refractivity contribution in [3.05, 3.63) is 17.8 Å². The van der Waals surface area contributed by atoms with E-state index in [0.29, 0.717) is 24.7 Å². The zero-order valence-corrected chi connectivity index (χ0v) is 9.22. The number of rotatable bonds is 2. The summed E-state index contributed by atoms with van der Waals surface area (Å²) in [4.78, 5) is 13.2. The molecule has 0 atom stereocenters. The van der Waals surface area contributed by atoms with E-state index in [0.717, 1.165) is 18.1 Å². The van der Waals surface area contributed by atoms with Gasteiger partial charge in [-0.05, 0) is 25.0 Å². The third-order valence-corrected chi connectivity index (χ3v) is 3.55. The van der Waals surface area contributed by atoms with Crippen LogP contribution >= 0.6 is 0 Å². The first-order valence-electron chi connectivity index (χ1n) is 5.93. The third-order valence-electron chi connectivity index (χ3n) is 3.55. The Kier molecular flexibility index (Phi) is 2.35. The molecule has 0 amide bonds. The fourth-order valence-electron chi connectivity index (χ4n) is 2.25. The maximum Gasteiger partial charge on any atom is 0.153 e. The number of ketones is 1. The molecule has 16 heavy (non-hydrogen) atoms. The number of anilines is 1. The summed E-state index contributed by atoms with van der Waals surface area (Å²) in [5, 5.41) is 8.49. The van der Waals surface area contributed by atoms with Crippen LogP contribution in [0.4, 0.5) is 5.82 Å². The normalized spacial score (nSPS) is 21.2. The highest BCUT2D eigenvalue weighted by Gasteiger charge is 2.23. The standard InChI is InChI=1S/C12H15N3O/c16-10-6-7-15(8-10)12-5-4-11(13-14-12)9-2-1-3-9/h4-5,9H,1-3,6-8H2. The number of carbonyl (C=O) groups excluding carboxylic acids is 1. The average Bonchev–Trinajstić information content (AvgIpc) is 2.63. The first-order valence-corrected chi connectivity index (χ1v) is 5.93. The van der Waals surface area contributed by atoms with Gasteiger partial charge < -0.3 is 4.90 Å². The van der Waals surface area contributed by atoms with Crippen molar-refractivity contribution in [3.8, 4) is 0 Å². The molecule has 3 rings (SSSR count). The molecule has 84 valence electrons. The zero-order chi connectivity index (χ0) is 11.0. The van der Waals surface area contributed by atoms with Crippen LogP contribution in [0.15, 0.2) is 12.1 Å². The predicted octanol–water partition coefficient (Wildman–Crippen LogP) is 1.52. The summed E-state index contributed by atoms with van der Waals surface area (Å²) in [5.74, 6) is 1.76. The van der Waals surface area contributed by atoms with E-state index in [1.807, 2.05) is 11.0 Å². The van der Waals surface area contributed by atoms with Crippen LogP contribution in [0.5, 0.6) is 0 Å². The van der Waals surface area contributed by atoms with Gasteiger partial charge in [0.1, 0.15) is 0 Å². The van der Waals surface area contributed by atoms with Crippen LogP contribution in [-0.4, -0.2) is 29.1 Å². The molecule has 0 spiro atoms. The van der Waals surface area contributed by atoms with Gasteiger partial charge in [0.2, 0.25) is 0 Å². The van der Waals surface area contributed by atoms with Gasteiger partial charge in [-0.2, -0.15) is 5.10 Å². The molecule has 1 saturated heterocycles. The van der Waals surface area contributed by atoms with E-state index < -0.39 is 0 Å². The first-order chi connectivity index (χ1) is 7.83. The van der Waals surface area contributed by atoms with Crippen LogP contribution in [0.1, 0.15) is 37.3 Å². The predicted molar refractivity (Wildman–Crippen MR) is 60.5 cm³/mol. The summed E-state index contributed by atoms with van der Waals surface area (Å²) < 4.78 is 0. The van der Waals surface area contributed by atoms with Gasteiger partial charge in [-0.15, -0.1) is 5.10 Å². The maximum atomic E-state index is 11.2. The minimum Gasteiger partial charge on any atom is -0.347 e. The number of carbonyl (C=O) groups is 1. The number of Topliss-reactive ketones (excluding diaryl/α,β-unsaturated/α-hetero) is 1. The van der Waals surface area contributed by atoms with Crippen molar-refractivity contribution >= 4 is 11.6 Å². The lowest BCUT2D eigenvalue weighted by Gasteiger charge is -2.24. The van der Waals surface area contributed by atoms with Crippen molar-refractivity contribution < 1.29 is 4.79 Å². The molecule has 2 aliphatic rings. The molecule has 0 radical (unpaired) electrons. The molecule has 0 N–H and O–H groups in total. The second-order valence-electron chi connectivity index (χ2n) is 4.65. The third kappa shape index (κ3) is 1.68. The SMILES string of the molecule is O=C1CCN(c2ccc(C3CCC3)nn2)C1. The molecule has 1 aromatic rings. The molecule has 2 fully saturated rings. The molecule has 0 aromatic carbocycles. The lowest BCUT2D eigenvalue weighted by atomic mass is 9.83. The first kappa shape index (κ1) is 9.75. The second-order valence-corrected chi connectivity index (χ2v) is 4.65. The van der Waals surface area contributed by atoms with Gasteiger partial charge >= 0.3 is 0 Å². The molecule has 4 nitrogen and oxygen atoms in total. The summed E-state index contributed by atoms with van der Waals surface area (Å²) in [6.45, 7) is 1.29. The molecule has 2 heterocycles. The topological polar surface area (TPSA) is 46.1 Å². The van der Waals surface area contributed by atoms with Crippen molar-refractivity contribution in [1.82, 2.24) is 10.2 Å². The molecular formula is C12H15N3O. The van der Waals surface area contributed by atoms with E-state index in [1.54, 1.807) is 0 Å². The van der Waals surface area contributed by atoms with Gasteiger partial charge in [-0.25, -0.2) is 0 Å². The fourth-order valence-corrected chi connectivity index (χ4v) is 2.25. The van der Waals surface area contributed by atoms with Gasteiger partial charge in [0, 0.05) is 18.9 Å². The van der Waals surface area contributed by atoms with Crippen LogP contribution < -0.4 is 4.90 Å². The molecule has 4 heteroatoms. The van der Waals surface area contributed by atoms with Gasteiger partial charge in [-0.1, -0.05) is 6.42 Å². The Hall–Kier alpha value is -1.45. The van der Waals surface area contributed by atoms with Crippen LogP contribution in [-0.2, 0) is 4.79 Å². The molecule has 1 saturated carbocycles. The monoisotopic (exact) mass is 217 g/mol. The summed E-state index contributed by atoms with van der Waals surface area (Å²) in [5.41, 5.74) is 1.11. The summed E-state index contributed by atoms with van der Waals surface area (Å²) in [6, 6.07) is 4.06. The zero-order valence-electron chi connectivity index (χ0n) is 9.22. The van der Waals surface area contributed by atoms with E-state index >= 15 is 0 Å². The Morgan fingerprint density at radius 1 is 1.25 bits per heavy atom. The summed E-state index contributed by atoms with van der Waals surface area (Å²) in [6.07, 6.45) is 4.45. The quantitative estimate of drug-likeness (QED) is 0.753. The summed E-state index contributed by atoms with van der Waals surface area (Å²) in [7, 11) is 0. The fraction of sp³-hybridized carbons (Fsp3) is 0.583. The highest BCUT2D eigenvalue weighted by Crippen LogP contribution is 2.35. The van der Waals surface area contributed by atoms with E-state index in [4.69, 9.17) is 0 Å². The maximum absolute atomic E-state index is 11.2. The molecule has 1 aliphatic heterocycles. The van der Waals surface area contributed by atoms with Crippen molar-refractivity contribution in [2.45, 2.75) is 31.6 Å². The van der Waals surface area contributed by atoms with Crippen molar-refractivity contribution in [3.63, 3.8) is 0 Å². The van der Waals surface area contributed by atoms with Crippen LogP contribution in [0.2, 0.25) is 0 Å². The van der Waals surface area contributed by atoms with Crippen molar-refractivity contribution in [2.24, 2.45) is 0 Å². The number of aromatic nitrogens is 2. The van der Waals surface area contributed by atoms with Crippen molar-refractivity contribution in [1.29, 1.82) is 0 Å². The Balaban J connectivity index is 1.74. The van der Waals surface area contributed by atoms with Crippen LogP contribution in [0.25, 0.3) is 0 Å². The Labute approximate surface area is 94.7 Å². The molecule has 1 aliphatic carbocycles. The van der Waals surface area contributed by atoms with Crippen molar-refractivity contribution in [2.75, 3.05) is 18.0 Å². The molecular weight excluding hydrogens is 202 g/mol. The molecule has 1 aromatic heterocycles. The minimum absolute atomic E-state index is 0.296. The summed E-state index contributed by atoms with van der Waals surface area (Å²) >= 11 is 0. The van der Waals surface area contributed by atoms with Crippen LogP contribution in [0, 0.1) is 0 Å². The minimum atomic E-state index is 0.296. The molecule has 0 bridgehead atoms. The Bertz CT molecular complexity index is 397. The largest absolute Gasteiger partial charge is 0.347 e. The van der Waals surface area contributed by atoms with E-state index in [9.17, 15) is 4.79 Å². The highest BCUT2D eigenvalue weighted by atomic mass is 16.1. The van der Waals surface area contributed by atoms with E-state index in [-0.39, 0.29) is 0 Å². The Morgan fingerprint density at radius 2 is 2.12 bits per heavy atom. The lowest BCUT2D eigenvalue weighted by molar-refractivity contribution is -0.116. The van der Waals surface area contributed by atoms with Gasteiger partial charge in [0.05, 0.1) is 12.2 Å². The number of hydrogen-bond acceptors (Lipinski definition) is 4. The highest BCUT2D eigenvalue weighted by molar-refractivity contribution is 5.86. The lowest BCUT2D eigenvalue weighted by Crippen LogP contribution is -2.21. The number of nitrogens with zero attached hydrogens (tertiary/aromatic N) is 3. The Morgan fingerprint density at radius 3 is 2.62 bits per heavy atom. The molecule has 0 unspecified atom stereocenters. The van der Waals surface area contributed by atoms with E-state index in [2.05, 4.69) is 16.3 Å². The van der Waals surface area contributed by atoms with Gasteiger partial charge in [0.25, 0.3) is 0 Å². The van der Waals surface area contributed by atoms with Gasteiger partial charge in [0.15, 0.2) is 11.6 Å². The second kappa shape index (κ2) is 3.85. The van der Waals surface area contributed by atoms with Crippen LogP contribution in [0.3, 0.4) is 0 Å².